The Labute approximate surface area is 127 Å². The first-order valence-electron chi connectivity index (χ1n) is 6.85. The third-order valence-electron chi connectivity index (χ3n) is 3.86. The van der Waals surface area contributed by atoms with E-state index in [2.05, 4.69) is 0 Å². The number of rotatable bonds is 3. The molecule has 1 aromatic rings. The number of carbonyl (C=O) groups is 2. The molecule has 114 valence electrons. The zero-order chi connectivity index (χ0) is 15.6. The summed E-state index contributed by atoms with van der Waals surface area (Å²) in [5, 5.41) is 9.44. The van der Waals surface area contributed by atoms with Crippen molar-refractivity contribution >= 4 is 23.5 Å². The van der Waals surface area contributed by atoms with Crippen molar-refractivity contribution in [2.75, 3.05) is 6.54 Å². The summed E-state index contributed by atoms with van der Waals surface area (Å²) in [6.07, 6.45) is 0.955. The molecule has 1 N–H and O–H groups in total. The van der Waals surface area contributed by atoms with Crippen LogP contribution in [0.15, 0.2) is 18.2 Å². The fraction of sp³-hybridized carbons (Fsp3) is 0.467. The van der Waals surface area contributed by atoms with Gasteiger partial charge in [-0.15, -0.1) is 0 Å². The van der Waals surface area contributed by atoms with Gasteiger partial charge in [-0.25, -0.2) is 9.18 Å². The van der Waals surface area contributed by atoms with E-state index in [1.807, 2.05) is 6.92 Å². The summed E-state index contributed by atoms with van der Waals surface area (Å²) in [6.45, 7) is 2.34. The number of benzene rings is 1. The maximum absolute atomic E-state index is 13.7. The third-order valence-corrected chi connectivity index (χ3v) is 4.21. The molecule has 1 aliphatic heterocycles. The van der Waals surface area contributed by atoms with Gasteiger partial charge in [0.05, 0.1) is 6.42 Å². The van der Waals surface area contributed by atoms with Gasteiger partial charge in [0.2, 0.25) is 5.91 Å². The van der Waals surface area contributed by atoms with Crippen molar-refractivity contribution in [1.82, 2.24) is 4.90 Å². The van der Waals surface area contributed by atoms with E-state index in [0.29, 0.717) is 13.0 Å². The maximum Gasteiger partial charge on any atom is 0.326 e. The average Bonchev–Trinajstić information content (AvgIpc) is 2.42. The molecule has 2 atom stereocenters. The predicted octanol–water partition coefficient (Wildman–Crippen LogP) is 2.73. The summed E-state index contributed by atoms with van der Waals surface area (Å²) in [7, 11) is 0. The van der Waals surface area contributed by atoms with Gasteiger partial charge in [0.1, 0.15) is 11.9 Å². The number of nitrogens with zero attached hydrogens (tertiary/aromatic N) is 1. The molecule has 0 aromatic heterocycles. The first-order chi connectivity index (χ1) is 9.90. The quantitative estimate of drug-likeness (QED) is 0.933. The molecule has 1 saturated heterocycles. The number of hydrogen-bond acceptors (Lipinski definition) is 2. The molecular weight excluding hydrogens is 297 g/mol. The molecule has 0 bridgehead atoms. The number of carboxylic acid groups (broad SMARTS) is 1. The molecule has 1 amide bonds. The lowest BCUT2D eigenvalue weighted by molar-refractivity contribution is -0.152. The summed E-state index contributed by atoms with van der Waals surface area (Å²) in [5.74, 6) is -1.71. The predicted molar refractivity (Wildman–Crippen MR) is 76.6 cm³/mol. The molecule has 21 heavy (non-hydrogen) atoms. The number of halogens is 2. The average molecular weight is 314 g/mol. The summed E-state index contributed by atoms with van der Waals surface area (Å²) in [6, 6.07) is 3.38. The van der Waals surface area contributed by atoms with Crippen LogP contribution in [0.5, 0.6) is 0 Å². The lowest BCUT2D eigenvalue weighted by atomic mass is 9.92. The van der Waals surface area contributed by atoms with Crippen molar-refractivity contribution in [3.63, 3.8) is 0 Å². The van der Waals surface area contributed by atoms with Crippen molar-refractivity contribution in [2.24, 2.45) is 5.92 Å². The molecule has 6 heteroatoms. The second kappa shape index (κ2) is 6.43. The van der Waals surface area contributed by atoms with Crippen molar-refractivity contribution < 1.29 is 19.1 Å². The van der Waals surface area contributed by atoms with Crippen LogP contribution < -0.4 is 0 Å². The number of amides is 1. The second-order valence-corrected chi connectivity index (χ2v) is 5.85. The zero-order valence-corrected chi connectivity index (χ0v) is 12.4. The van der Waals surface area contributed by atoms with Crippen molar-refractivity contribution in [3.8, 4) is 0 Å². The highest BCUT2D eigenvalue weighted by Crippen LogP contribution is 2.25. The smallest absolute Gasteiger partial charge is 0.326 e. The SMILES string of the molecule is CC1CCN(C(=O)Cc2c(F)cccc2Cl)C(C(=O)O)C1. The molecule has 0 spiro atoms. The molecule has 1 fully saturated rings. The highest BCUT2D eigenvalue weighted by atomic mass is 35.5. The number of hydrogen-bond donors (Lipinski definition) is 1. The third kappa shape index (κ3) is 3.53. The maximum atomic E-state index is 13.7. The van der Waals surface area contributed by atoms with E-state index in [-0.39, 0.29) is 22.9 Å². The first-order valence-corrected chi connectivity index (χ1v) is 7.23. The van der Waals surface area contributed by atoms with Crippen LogP contribution in [0.2, 0.25) is 5.02 Å². The van der Waals surface area contributed by atoms with E-state index in [9.17, 15) is 19.1 Å². The van der Waals surface area contributed by atoms with Crippen molar-refractivity contribution in [3.05, 3.63) is 34.6 Å². The lowest BCUT2D eigenvalue weighted by Gasteiger charge is -2.36. The van der Waals surface area contributed by atoms with Gasteiger partial charge in [-0.05, 0) is 30.9 Å². The number of likely N-dealkylation sites (tertiary alicyclic amines) is 1. The fourth-order valence-corrected chi connectivity index (χ4v) is 2.86. The Balaban J connectivity index is 2.17. The molecule has 1 heterocycles. The summed E-state index contributed by atoms with van der Waals surface area (Å²) in [4.78, 5) is 25.0. The monoisotopic (exact) mass is 313 g/mol. The van der Waals surface area contributed by atoms with Crippen molar-refractivity contribution in [1.29, 1.82) is 0 Å². The molecule has 4 nitrogen and oxygen atoms in total. The Hall–Kier alpha value is -1.62. The van der Waals surface area contributed by atoms with Crippen LogP contribution in [0, 0.1) is 11.7 Å². The van der Waals surface area contributed by atoms with Gasteiger partial charge in [0.15, 0.2) is 0 Å². The van der Waals surface area contributed by atoms with Crippen LogP contribution >= 0.6 is 11.6 Å². The highest BCUT2D eigenvalue weighted by molar-refractivity contribution is 6.31. The lowest BCUT2D eigenvalue weighted by Crippen LogP contribution is -2.50. The van der Waals surface area contributed by atoms with E-state index in [1.165, 1.54) is 23.1 Å². The Kier molecular flexibility index (Phi) is 4.83. The number of carboxylic acids is 1. The largest absolute Gasteiger partial charge is 0.480 e. The Morgan fingerprint density at radius 3 is 2.81 bits per heavy atom. The molecule has 0 saturated carbocycles. The normalized spacial score (nSPS) is 22.1. The van der Waals surface area contributed by atoms with Gasteiger partial charge in [-0.3, -0.25) is 4.79 Å². The molecule has 2 unspecified atom stereocenters. The van der Waals surface area contributed by atoms with E-state index < -0.39 is 23.7 Å². The number of piperidine rings is 1. The first kappa shape index (κ1) is 15.8. The van der Waals surface area contributed by atoms with E-state index in [1.54, 1.807) is 0 Å². The van der Waals surface area contributed by atoms with Gasteiger partial charge >= 0.3 is 5.97 Å². The standard InChI is InChI=1S/C15H17ClFNO3/c1-9-5-6-18(13(7-9)15(20)21)14(19)8-10-11(16)3-2-4-12(10)17/h2-4,9,13H,5-8H2,1H3,(H,20,21). The Bertz CT molecular complexity index is 544. The molecule has 0 radical (unpaired) electrons. The minimum atomic E-state index is -1.02. The topological polar surface area (TPSA) is 57.6 Å². The van der Waals surface area contributed by atoms with E-state index in [0.717, 1.165) is 6.42 Å². The van der Waals surface area contributed by atoms with Crippen LogP contribution in [0.3, 0.4) is 0 Å². The summed E-state index contributed by atoms with van der Waals surface area (Å²) in [5.41, 5.74) is 0.118. The van der Waals surface area contributed by atoms with Gasteiger partial charge < -0.3 is 10.0 Å². The highest BCUT2D eigenvalue weighted by Gasteiger charge is 2.34. The van der Waals surface area contributed by atoms with E-state index >= 15 is 0 Å². The molecule has 1 aliphatic rings. The molecule has 1 aromatic carbocycles. The van der Waals surface area contributed by atoms with E-state index in [4.69, 9.17) is 11.6 Å². The zero-order valence-electron chi connectivity index (χ0n) is 11.7. The van der Waals surface area contributed by atoms with Crippen LogP contribution in [-0.4, -0.2) is 34.5 Å². The number of carbonyl (C=O) groups excluding carboxylic acids is 1. The van der Waals surface area contributed by atoms with Gasteiger partial charge in [-0.2, -0.15) is 0 Å². The van der Waals surface area contributed by atoms with Crippen molar-refractivity contribution in [2.45, 2.75) is 32.2 Å². The molecule has 2 rings (SSSR count). The molecular formula is C15H17ClFNO3. The van der Waals surface area contributed by atoms with Crippen LogP contribution in [0.4, 0.5) is 4.39 Å². The minimum absolute atomic E-state index is 0.118. The van der Waals surface area contributed by atoms with Gasteiger partial charge in [-0.1, -0.05) is 24.6 Å². The minimum Gasteiger partial charge on any atom is -0.480 e. The van der Waals surface area contributed by atoms with Crippen LogP contribution in [0.1, 0.15) is 25.3 Å². The molecule has 0 aliphatic carbocycles. The van der Waals surface area contributed by atoms with Crippen LogP contribution in [-0.2, 0) is 16.0 Å². The Morgan fingerprint density at radius 2 is 2.19 bits per heavy atom. The fourth-order valence-electron chi connectivity index (χ4n) is 2.63. The van der Waals surface area contributed by atoms with Crippen LogP contribution in [0.25, 0.3) is 0 Å². The summed E-state index contributed by atoms with van der Waals surface area (Å²) >= 11 is 5.91. The van der Waals surface area contributed by atoms with Gasteiger partial charge in [0, 0.05) is 17.1 Å². The van der Waals surface area contributed by atoms with Gasteiger partial charge in [0.25, 0.3) is 0 Å². The number of aliphatic carboxylic acids is 1. The second-order valence-electron chi connectivity index (χ2n) is 5.45. The summed E-state index contributed by atoms with van der Waals surface area (Å²) < 4.78 is 13.7. The Morgan fingerprint density at radius 1 is 1.48 bits per heavy atom.